The molecule has 1 saturated heterocycles. The number of anilines is 1. The minimum atomic E-state index is 0. The Bertz CT molecular complexity index is 1370. The third-order valence-electron chi connectivity index (χ3n) is 6.17. The predicted octanol–water partition coefficient (Wildman–Crippen LogP) is 4.92. The first kappa shape index (κ1) is 23.8. The fraction of sp³-hybridized carbons (Fsp3) is 0.333. The number of H-pyrrole nitrogens is 1. The summed E-state index contributed by atoms with van der Waals surface area (Å²) in [5.41, 5.74) is 2.04. The lowest BCUT2D eigenvalue weighted by atomic mass is 10.2. The molecule has 0 spiro atoms. The number of methoxy groups -OCH3 is 1. The first-order chi connectivity index (χ1) is 15.7. The molecule has 0 bridgehead atoms. The van der Waals surface area contributed by atoms with Crippen molar-refractivity contribution in [3.05, 3.63) is 63.7 Å². The minimum absolute atomic E-state index is 0. The molecule has 0 radical (unpaired) electrons. The third kappa shape index (κ3) is 4.66. The van der Waals surface area contributed by atoms with Crippen LogP contribution < -0.4 is 15.2 Å². The Kier molecular flexibility index (Phi) is 7.38. The number of aromatic nitrogens is 2. The van der Waals surface area contributed by atoms with Gasteiger partial charge in [0.2, 0.25) is 0 Å². The van der Waals surface area contributed by atoms with Crippen LogP contribution in [0.4, 0.5) is 5.69 Å². The fourth-order valence-electron chi connectivity index (χ4n) is 4.47. The summed E-state index contributed by atoms with van der Waals surface area (Å²) in [6.07, 6.45) is 0.891. The van der Waals surface area contributed by atoms with Gasteiger partial charge in [-0.3, -0.25) is 14.3 Å². The van der Waals surface area contributed by atoms with Gasteiger partial charge in [-0.25, -0.2) is 0 Å². The van der Waals surface area contributed by atoms with Crippen LogP contribution in [-0.4, -0.2) is 54.3 Å². The largest absolute Gasteiger partial charge is 0.495 e. The molecule has 0 saturated carbocycles. The number of nitrogens with one attached hydrogen (secondary N) is 1. The van der Waals surface area contributed by atoms with Gasteiger partial charge in [-0.1, -0.05) is 30.3 Å². The molecule has 174 valence electrons. The van der Waals surface area contributed by atoms with E-state index < -0.39 is 0 Å². The van der Waals surface area contributed by atoms with Gasteiger partial charge in [-0.2, -0.15) is 0 Å². The summed E-state index contributed by atoms with van der Waals surface area (Å²) < 4.78 is 9.60. The summed E-state index contributed by atoms with van der Waals surface area (Å²) in [7, 11) is 1.72. The average molecular weight is 503 g/mol. The molecule has 1 N–H and O–H groups in total. The SMILES string of the molecule is COc1ccccc1N1CCN(CCCn2c(=S)[nH]c3c(sc4ccccc43)c2=O)CC1.Cl. The maximum atomic E-state index is 13.1. The number of piperazine rings is 1. The molecule has 0 unspecified atom stereocenters. The number of benzene rings is 2. The third-order valence-corrected chi connectivity index (χ3v) is 7.65. The van der Waals surface area contributed by atoms with Crippen LogP contribution in [0.1, 0.15) is 6.42 Å². The number of halogens is 1. The molecule has 9 heteroatoms. The molecule has 4 aromatic rings. The van der Waals surface area contributed by atoms with Crippen molar-refractivity contribution >= 4 is 62.0 Å². The normalized spacial score (nSPS) is 14.5. The first-order valence-electron chi connectivity index (χ1n) is 10.9. The van der Waals surface area contributed by atoms with Crippen LogP contribution in [-0.2, 0) is 6.54 Å². The van der Waals surface area contributed by atoms with Gasteiger partial charge in [0.25, 0.3) is 5.56 Å². The molecule has 33 heavy (non-hydrogen) atoms. The number of ether oxygens (including phenoxy) is 1. The Balaban J connectivity index is 0.00000259. The number of thiophene rings is 1. The van der Waals surface area contributed by atoms with E-state index in [1.54, 1.807) is 11.7 Å². The van der Waals surface area contributed by atoms with Gasteiger partial charge in [-0.15, -0.1) is 23.7 Å². The number of hydrogen-bond acceptors (Lipinski definition) is 6. The predicted molar refractivity (Wildman–Crippen MR) is 142 cm³/mol. The van der Waals surface area contributed by atoms with Crippen molar-refractivity contribution in [2.24, 2.45) is 0 Å². The van der Waals surface area contributed by atoms with Crippen molar-refractivity contribution < 1.29 is 4.74 Å². The van der Waals surface area contributed by atoms with Crippen LogP contribution in [0.25, 0.3) is 20.3 Å². The maximum Gasteiger partial charge on any atom is 0.272 e. The van der Waals surface area contributed by atoms with E-state index in [-0.39, 0.29) is 18.0 Å². The molecular weight excluding hydrogens is 476 g/mol. The summed E-state index contributed by atoms with van der Waals surface area (Å²) in [5, 5.41) is 1.07. The Hall–Kier alpha value is -2.39. The monoisotopic (exact) mass is 502 g/mol. The molecule has 6 nitrogen and oxygen atoms in total. The van der Waals surface area contributed by atoms with E-state index in [9.17, 15) is 4.79 Å². The molecule has 2 aromatic carbocycles. The van der Waals surface area contributed by atoms with Crippen molar-refractivity contribution in [3.8, 4) is 5.75 Å². The van der Waals surface area contributed by atoms with Gasteiger partial charge in [0.1, 0.15) is 10.4 Å². The summed E-state index contributed by atoms with van der Waals surface area (Å²) >= 11 is 7.08. The van der Waals surface area contributed by atoms with Crippen LogP contribution in [0.15, 0.2) is 53.3 Å². The molecule has 1 fully saturated rings. The van der Waals surface area contributed by atoms with Crippen LogP contribution >= 0.6 is 36.0 Å². The summed E-state index contributed by atoms with van der Waals surface area (Å²) in [5.74, 6) is 0.922. The molecule has 2 aromatic heterocycles. The van der Waals surface area contributed by atoms with Gasteiger partial charge in [0.05, 0.1) is 18.3 Å². The van der Waals surface area contributed by atoms with Crippen LogP contribution in [0.2, 0.25) is 0 Å². The molecule has 0 amide bonds. The van der Waals surface area contributed by atoms with Crippen LogP contribution in [0.5, 0.6) is 5.75 Å². The van der Waals surface area contributed by atoms with Gasteiger partial charge in [0, 0.05) is 42.8 Å². The Morgan fingerprint density at radius 1 is 1.03 bits per heavy atom. The number of nitrogens with zero attached hydrogens (tertiary/aromatic N) is 3. The van der Waals surface area contributed by atoms with E-state index >= 15 is 0 Å². The second-order valence-corrected chi connectivity index (χ2v) is 9.48. The van der Waals surface area contributed by atoms with E-state index in [0.717, 1.165) is 70.9 Å². The van der Waals surface area contributed by atoms with E-state index in [4.69, 9.17) is 17.0 Å². The highest BCUT2D eigenvalue weighted by Crippen LogP contribution is 2.30. The smallest absolute Gasteiger partial charge is 0.272 e. The van der Waals surface area contributed by atoms with Crippen molar-refractivity contribution in [2.75, 3.05) is 44.7 Å². The standard InChI is InChI=1S/C24H26N4O2S2.ClH/c1-30-19-9-4-3-8-18(19)27-15-13-26(14-16-27)11-6-12-28-23(29)22-21(25-24(28)31)17-7-2-5-10-20(17)32-22;/h2-5,7-10H,6,11-16H2,1H3,(H,25,31);1H. The van der Waals surface area contributed by atoms with Gasteiger partial charge < -0.3 is 14.6 Å². The van der Waals surface area contributed by atoms with Crippen molar-refractivity contribution in [1.29, 1.82) is 0 Å². The molecule has 0 aliphatic carbocycles. The summed E-state index contributed by atoms with van der Waals surface area (Å²) in [4.78, 5) is 21.3. The van der Waals surface area contributed by atoms with E-state index in [2.05, 4.69) is 26.9 Å². The Morgan fingerprint density at radius 3 is 2.55 bits per heavy atom. The zero-order valence-corrected chi connectivity index (χ0v) is 20.9. The minimum Gasteiger partial charge on any atom is -0.495 e. The molecule has 3 heterocycles. The lowest BCUT2D eigenvalue weighted by Gasteiger charge is -2.36. The molecule has 1 aliphatic heterocycles. The number of rotatable bonds is 6. The Morgan fingerprint density at radius 2 is 1.76 bits per heavy atom. The van der Waals surface area contributed by atoms with Gasteiger partial charge in [-0.05, 0) is 43.4 Å². The molecule has 5 rings (SSSR count). The number of para-hydroxylation sites is 2. The van der Waals surface area contributed by atoms with Crippen molar-refractivity contribution in [1.82, 2.24) is 14.5 Å². The van der Waals surface area contributed by atoms with Crippen molar-refractivity contribution in [3.63, 3.8) is 0 Å². The number of hydrogen-bond donors (Lipinski definition) is 1. The van der Waals surface area contributed by atoms with E-state index in [1.807, 2.05) is 36.4 Å². The summed E-state index contributed by atoms with van der Waals surface area (Å²) in [6, 6.07) is 16.3. The lowest BCUT2D eigenvalue weighted by Crippen LogP contribution is -2.46. The average Bonchev–Trinajstić information content (AvgIpc) is 3.20. The molecule has 0 atom stereocenters. The highest BCUT2D eigenvalue weighted by Gasteiger charge is 2.19. The topological polar surface area (TPSA) is 53.5 Å². The highest BCUT2D eigenvalue weighted by atomic mass is 35.5. The van der Waals surface area contributed by atoms with Crippen LogP contribution in [0, 0.1) is 4.77 Å². The second kappa shape index (κ2) is 10.3. The lowest BCUT2D eigenvalue weighted by molar-refractivity contribution is 0.249. The zero-order valence-electron chi connectivity index (χ0n) is 18.5. The van der Waals surface area contributed by atoms with Gasteiger partial charge >= 0.3 is 0 Å². The molecule has 1 aliphatic rings. The quantitative estimate of drug-likeness (QED) is 0.379. The number of aromatic amines is 1. The van der Waals surface area contributed by atoms with E-state index in [1.165, 1.54) is 11.3 Å². The highest BCUT2D eigenvalue weighted by molar-refractivity contribution is 7.71. The number of fused-ring (bicyclic) bond motifs is 3. The Labute approximate surface area is 207 Å². The first-order valence-corrected chi connectivity index (χ1v) is 12.1. The van der Waals surface area contributed by atoms with Crippen molar-refractivity contribution in [2.45, 2.75) is 13.0 Å². The molecular formula is C24H27ClN4O2S2. The van der Waals surface area contributed by atoms with E-state index in [0.29, 0.717) is 11.3 Å². The van der Waals surface area contributed by atoms with Gasteiger partial charge in [0.15, 0.2) is 4.77 Å². The second-order valence-electron chi connectivity index (χ2n) is 8.04. The zero-order chi connectivity index (χ0) is 22.1. The fourth-order valence-corrected chi connectivity index (χ4v) is 5.85. The summed E-state index contributed by atoms with van der Waals surface area (Å²) in [6.45, 7) is 5.50. The maximum absolute atomic E-state index is 13.1. The van der Waals surface area contributed by atoms with Crippen LogP contribution in [0.3, 0.4) is 0 Å².